The van der Waals surface area contributed by atoms with E-state index in [0.29, 0.717) is 28.4 Å². The Bertz CT molecular complexity index is 968. The fraction of sp³-hybridized carbons (Fsp3) is 0.267. The zero-order valence-electron chi connectivity index (χ0n) is 12.3. The summed E-state index contributed by atoms with van der Waals surface area (Å²) in [4.78, 5) is 29.5. The normalized spacial score (nSPS) is 11.2. The van der Waals surface area contributed by atoms with Gasteiger partial charge in [0.1, 0.15) is 0 Å². The van der Waals surface area contributed by atoms with Gasteiger partial charge < -0.3 is 4.57 Å². The number of benzene rings is 1. The third kappa shape index (κ3) is 1.99. The lowest BCUT2D eigenvalue weighted by atomic mass is 10.3. The second-order valence-electron chi connectivity index (χ2n) is 4.82. The van der Waals surface area contributed by atoms with Crippen molar-refractivity contribution in [1.29, 1.82) is 0 Å². The Labute approximate surface area is 131 Å². The highest BCUT2D eigenvalue weighted by molar-refractivity contribution is 6.32. The summed E-state index contributed by atoms with van der Waals surface area (Å²) in [5.74, 6) is 0. The molecule has 0 fully saturated rings. The van der Waals surface area contributed by atoms with E-state index in [0.717, 1.165) is 0 Å². The zero-order chi connectivity index (χ0) is 15.9. The number of rotatable bonds is 3. The van der Waals surface area contributed by atoms with Gasteiger partial charge in [-0.2, -0.15) is 0 Å². The fourth-order valence-corrected chi connectivity index (χ4v) is 2.77. The summed E-state index contributed by atoms with van der Waals surface area (Å²) in [6, 6.07) is 7.01. The molecule has 0 amide bonds. The van der Waals surface area contributed by atoms with Crippen molar-refractivity contribution in [3.05, 3.63) is 56.5 Å². The lowest BCUT2D eigenvalue weighted by Crippen LogP contribution is -2.39. The van der Waals surface area contributed by atoms with E-state index in [4.69, 9.17) is 11.6 Å². The first kappa shape index (κ1) is 14.6. The highest BCUT2D eigenvalue weighted by atomic mass is 35.5. The summed E-state index contributed by atoms with van der Waals surface area (Å²) in [6.07, 6.45) is 1.57. The Kier molecular flexibility index (Phi) is 3.62. The lowest BCUT2D eigenvalue weighted by Gasteiger charge is -2.12. The molecular formula is C15H15ClN4O2. The van der Waals surface area contributed by atoms with E-state index in [9.17, 15) is 9.59 Å². The van der Waals surface area contributed by atoms with Gasteiger partial charge >= 0.3 is 5.69 Å². The van der Waals surface area contributed by atoms with E-state index in [-0.39, 0.29) is 12.1 Å². The molecule has 0 aliphatic rings. The van der Waals surface area contributed by atoms with Crippen molar-refractivity contribution >= 4 is 22.8 Å². The number of fused-ring (bicyclic) bond motifs is 1. The molecule has 0 aliphatic carbocycles. The van der Waals surface area contributed by atoms with Gasteiger partial charge in [-0.3, -0.25) is 9.36 Å². The van der Waals surface area contributed by atoms with Crippen LogP contribution in [0.2, 0.25) is 5.02 Å². The van der Waals surface area contributed by atoms with Gasteiger partial charge in [0.2, 0.25) is 0 Å². The van der Waals surface area contributed by atoms with Gasteiger partial charge in [-0.15, -0.1) is 0 Å². The Morgan fingerprint density at radius 2 is 1.86 bits per heavy atom. The summed E-state index contributed by atoms with van der Waals surface area (Å²) >= 11 is 6.23. The predicted octanol–water partition coefficient (Wildman–Crippen LogP) is 2.04. The molecule has 6 nitrogen and oxygen atoms in total. The summed E-state index contributed by atoms with van der Waals surface area (Å²) in [5, 5.41) is 0.429. The monoisotopic (exact) mass is 318 g/mol. The topological polar surface area (TPSA) is 61.8 Å². The molecule has 0 atom stereocenters. The molecule has 0 spiro atoms. The Morgan fingerprint density at radius 3 is 2.50 bits per heavy atom. The van der Waals surface area contributed by atoms with Crippen LogP contribution in [0.25, 0.3) is 16.9 Å². The van der Waals surface area contributed by atoms with E-state index in [2.05, 4.69) is 4.98 Å². The van der Waals surface area contributed by atoms with E-state index in [1.807, 2.05) is 6.92 Å². The first-order valence-corrected chi connectivity index (χ1v) is 7.43. The van der Waals surface area contributed by atoms with Crippen LogP contribution in [0.5, 0.6) is 0 Å². The molecule has 0 radical (unpaired) electrons. The van der Waals surface area contributed by atoms with Gasteiger partial charge in [0, 0.05) is 13.1 Å². The Morgan fingerprint density at radius 1 is 1.14 bits per heavy atom. The molecule has 0 N–H and O–H groups in total. The maximum atomic E-state index is 12.7. The first-order chi connectivity index (χ1) is 10.6. The van der Waals surface area contributed by atoms with Gasteiger partial charge in [-0.05, 0) is 26.0 Å². The van der Waals surface area contributed by atoms with Crippen LogP contribution in [0.4, 0.5) is 0 Å². The third-order valence-corrected chi connectivity index (χ3v) is 3.97. The van der Waals surface area contributed by atoms with Crippen LogP contribution >= 0.6 is 11.6 Å². The van der Waals surface area contributed by atoms with Gasteiger partial charge in [-0.1, -0.05) is 23.7 Å². The van der Waals surface area contributed by atoms with Crippen molar-refractivity contribution in [3.63, 3.8) is 0 Å². The van der Waals surface area contributed by atoms with Gasteiger partial charge in [-0.25, -0.2) is 14.3 Å². The average molecular weight is 319 g/mol. The number of hydrogen-bond acceptors (Lipinski definition) is 3. The van der Waals surface area contributed by atoms with Crippen molar-refractivity contribution in [1.82, 2.24) is 18.7 Å². The molecule has 0 saturated heterocycles. The van der Waals surface area contributed by atoms with E-state index in [1.165, 1.54) is 9.13 Å². The molecule has 0 saturated carbocycles. The first-order valence-electron chi connectivity index (χ1n) is 7.05. The molecule has 114 valence electrons. The number of aromatic nitrogens is 4. The smallest absolute Gasteiger partial charge is 0.325 e. The largest absolute Gasteiger partial charge is 0.337 e. The van der Waals surface area contributed by atoms with E-state index >= 15 is 0 Å². The predicted molar refractivity (Wildman–Crippen MR) is 85.9 cm³/mol. The molecule has 2 aromatic heterocycles. The fourth-order valence-electron chi connectivity index (χ4n) is 2.55. The van der Waals surface area contributed by atoms with Crippen molar-refractivity contribution in [3.8, 4) is 5.69 Å². The summed E-state index contributed by atoms with van der Waals surface area (Å²) in [5.41, 5.74) is 0.487. The van der Waals surface area contributed by atoms with Crippen molar-refractivity contribution in [2.24, 2.45) is 0 Å². The standard InChI is InChI=1S/C15H15ClN4O2/c1-3-18-9-17-13-12(18)14(21)19(4-2)15(22)20(13)11-8-6-5-7-10(11)16/h5-9H,3-4H2,1-2H3. The number of aryl methyl sites for hydroxylation is 1. The molecule has 3 rings (SSSR count). The van der Waals surface area contributed by atoms with E-state index < -0.39 is 5.69 Å². The van der Waals surface area contributed by atoms with E-state index in [1.54, 1.807) is 42.1 Å². The third-order valence-electron chi connectivity index (χ3n) is 3.65. The summed E-state index contributed by atoms with van der Waals surface area (Å²) in [7, 11) is 0. The average Bonchev–Trinajstić information content (AvgIpc) is 2.93. The zero-order valence-corrected chi connectivity index (χ0v) is 13.0. The van der Waals surface area contributed by atoms with Crippen LogP contribution in [-0.2, 0) is 13.1 Å². The maximum Gasteiger partial charge on any atom is 0.337 e. The molecule has 7 heteroatoms. The second kappa shape index (κ2) is 5.46. The molecule has 0 aliphatic heterocycles. The van der Waals surface area contributed by atoms with Crippen molar-refractivity contribution in [2.75, 3.05) is 0 Å². The second-order valence-corrected chi connectivity index (χ2v) is 5.23. The number of para-hydroxylation sites is 1. The maximum absolute atomic E-state index is 12.7. The van der Waals surface area contributed by atoms with Crippen LogP contribution in [0, 0.1) is 0 Å². The number of nitrogens with zero attached hydrogens (tertiary/aromatic N) is 4. The van der Waals surface area contributed by atoms with Crippen LogP contribution in [0.15, 0.2) is 40.2 Å². The Balaban J connectivity index is 2.55. The quantitative estimate of drug-likeness (QED) is 0.742. The van der Waals surface area contributed by atoms with Crippen molar-refractivity contribution in [2.45, 2.75) is 26.9 Å². The van der Waals surface area contributed by atoms with Crippen LogP contribution < -0.4 is 11.2 Å². The molecular weight excluding hydrogens is 304 g/mol. The lowest BCUT2D eigenvalue weighted by molar-refractivity contribution is 0.653. The van der Waals surface area contributed by atoms with Crippen LogP contribution in [0.3, 0.4) is 0 Å². The minimum Gasteiger partial charge on any atom is -0.325 e. The molecule has 1 aromatic carbocycles. The summed E-state index contributed by atoms with van der Waals surface area (Å²) in [6.45, 7) is 4.56. The number of imidazole rings is 1. The van der Waals surface area contributed by atoms with Gasteiger partial charge in [0.15, 0.2) is 11.2 Å². The number of halogens is 1. The molecule has 0 unspecified atom stereocenters. The van der Waals surface area contributed by atoms with Crippen LogP contribution in [0.1, 0.15) is 13.8 Å². The highest BCUT2D eigenvalue weighted by Gasteiger charge is 2.19. The SMILES string of the molecule is CCn1c(=O)c2c(ncn2CC)n(-c2ccccc2Cl)c1=O. The van der Waals surface area contributed by atoms with Gasteiger partial charge in [0.05, 0.1) is 17.0 Å². The number of hydrogen-bond donors (Lipinski definition) is 0. The summed E-state index contributed by atoms with van der Waals surface area (Å²) < 4.78 is 4.32. The van der Waals surface area contributed by atoms with Crippen LogP contribution in [-0.4, -0.2) is 18.7 Å². The Hall–Kier alpha value is -2.34. The molecule has 2 heterocycles. The molecule has 0 bridgehead atoms. The minimum atomic E-state index is -0.436. The highest BCUT2D eigenvalue weighted by Crippen LogP contribution is 2.21. The minimum absolute atomic E-state index is 0.285. The van der Waals surface area contributed by atoms with Crippen molar-refractivity contribution < 1.29 is 0 Å². The molecule has 3 aromatic rings. The molecule has 22 heavy (non-hydrogen) atoms. The van der Waals surface area contributed by atoms with Gasteiger partial charge in [0.25, 0.3) is 5.56 Å².